The highest BCUT2D eigenvalue weighted by Crippen LogP contribution is 2.49. The third-order valence-corrected chi connectivity index (χ3v) is 6.10. The summed E-state index contributed by atoms with van der Waals surface area (Å²) >= 11 is 7.61. The van der Waals surface area contributed by atoms with Crippen molar-refractivity contribution in [3.8, 4) is 0 Å². The van der Waals surface area contributed by atoms with E-state index < -0.39 is 0 Å². The fourth-order valence-electron chi connectivity index (χ4n) is 3.83. The average molecular weight is 324 g/mol. The summed E-state index contributed by atoms with van der Waals surface area (Å²) in [6.07, 6.45) is 6.17. The van der Waals surface area contributed by atoms with Gasteiger partial charge in [-0.15, -0.1) is 11.8 Å². The molecule has 1 aromatic rings. The third-order valence-electron chi connectivity index (χ3n) is 4.84. The molecule has 1 amide bonds. The lowest BCUT2D eigenvalue weighted by molar-refractivity contribution is -0.122. The van der Waals surface area contributed by atoms with Crippen LogP contribution in [0, 0.1) is 17.8 Å². The second-order valence-electron chi connectivity index (χ2n) is 6.29. The van der Waals surface area contributed by atoms with Crippen molar-refractivity contribution in [2.24, 2.45) is 17.8 Å². The van der Waals surface area contributed by atoms with Crippen molar-refractivity contribution in [1.29, 1.82) is 0 Å². The Hall–Kier alpha value is -0.670. The van der Waals surface area contributed by atoms with Gasteiger partial charge < -0.3 is 5.32 Å². The highest BCUT2D eigenvalue weighted by atomic mass is 35.5. The molecule has 2 fully saturated rings. The van der Waals surface area contributed by atoms with Gasteiger partial charge >= 0.3 is 0 Å². The average Bonchev–Trinajstić information content (AvgIpc) is 3.08. The lowest BCUT2D eigenvalue weighted by Crippen LogP contribution is -2.29. The van der Waals surface area contributed by atoms with Gasteiger partial charge in [0, 0.05) is 28.6 Å². The van der Waals surface area contributed by atoms with Gasteiger partial charge in [0.1, 0.15) is 0 Å². The molecule has 2 aliphatic rings. The Kier molecular flexibility index (Phi) is 5.12. The van der Waals surface area contributed by atoms with E-state index in [1.54, 1.807) is 11.8 Å². The molecule has 0 aliphatic heterocycles. The molecule has 1 aromatic carbocycles. The molecular formula is C17H22ClNOS. The molecule has 0 heterocycles. The van der Waals surface area contributed by atoms with Gasteiger partial charge in [0.2, 0.25) is 5.91 Å². The summed E-state index contributed by atoms with van der Waals surface area (Å²) < 4.78 is 0. The van der Waals surface area contributed by atoms with Crippen LogP contribution in [0.15, 0.2) is 29.2 Å². The van der Waals surface area contributed by atoms with E-state index >= 15 is 0 Å². The number of rotatable bonds is 6. The molecule has 0 saturated heterocycles. The minimum Gasteiger partial charge on any atom is -0.355 e. The molecule has 4 heteroatoms. The predicted octanol–water partition coefficient (Wildman–Crippen LogP) is 4.37. The Labute approximate surface area is 136 Å². The Morgan fingerprint density at radius 1 is 1.24 bits per heavy atom. The molecule has 114 valence electrons. The number of carbonyl (C=O) groups excluding carboxylic acids is 1. The number of fused-ring (bicyclic) bond motifs is 2. The Balaban J connectivity index is 1.32. The maximum Gasteiger partial charge on any atom is 0.220 e. The first-order valence-electron chi connectivity index (χ1n) is 7.86. The fourth-order valence-corrected chi connectivity index (χ4v) is 4.72. The Morgan fingerprint density at radius 2 is 2.05 bits per heavy atom. The molecule has 2 bridgehead atoms. The van der Waals surface area contributed by atoms with E-state index in [-0.39, 0.29) is 5.91 Å². The van der Waals surface area contributed by atoms with Gasteiger partial charge in [0.05, 0.1) is 0 Å². The molecular weight excluding hydrogens is 302 g/mol. The van der Waals surface area contributed by atoms with Crippen molar-refractivity contribution < 1.29 is 4.79 Å². The van der Waals surface area contributed by atoms with Crippen molar-refractivity contribution in [3.05, 3.63) is 29.3 Å². The topological polar surface area (TPSA) is 29.1 Å². The molecule has 1 N–H and O–H groups in total. The molecule has 21 heavy (non-hydrogen) atoms. The SMILES string of the molecule is O=C(C[C@H]1C[C@@H]2CC[C@@H]1C2)NCCSc1ccc(Cl)cc1. The Morgan fingerprint density at radius 3 is 2.71 bits per heavy atom. The van der Waals surface area contributed by atoms with Crippen molar-refractivity contribution >= 4 is 29.3 Å². The van der Waals surface area contributed by atoms with E-state index in [1.807, 2.05) is 24.3 Å². The van der Waals surface area contributed by atoms with Gasteiger partial charge in [-0.2, -0.15) is 0 Å². The summed E-state index contributed by atoms with van der Waals surface area (Å²) in [5.41, 5.74) is 0. The molecule has 2 aliphatic carbocycles. The second-order valence-corrected chi connectivity index (χ2v) is 7.90. The summed E-state index contributed by atoms with van der Waals surface area (Å²) in [5, 5.41) is 3.83. The van der Waals surface area contributed by atoms with E-state index in [0.29, 0.717) is 5.92 Å². The van der Waals surface area contributed by atoms with Crippen LogP contribution in [0.25, 0.3) is 0 Å². The van der Waals surface area contributed by atoms with Crippen molar-refractivity contribution in [2.75, 3.05) is 12.3 Å². The molecule has 0 aromatic heterocycles. The summed E-state index contributed by atoms with van der Waals surface area (Å²) in [7, 11) is 0. The second kappa shape index (κ2) is 7.06. The summed E-state index contributed by atoms with van der Waals surface area (Å²) in [5.74, 6) is 3.57. The lowest BCUT2D eigenvalue weighted by Gasteiger charge is -2.20. The monoisotopic (exact) mass is 323 g/mol. The standard InChI is InChI=1S/C17H22ClNOS/c18-15-3-5-16(6-4-15)21-8-7-19-17(20)11-14-10-12-1-2-13(14)9-12/h3-6,12-14H,1-2,7-11H2,(H,19,20)/t12-,13-,14-/m1/s1. The van der Waals surface area contributed by atoms with Crippen molar-refractivity contribution in [3.63, 3.8) is 0 Å². The Bertz CT molecular complexity index is 490. The van der Waals surface area contributed by atoms with E-state index in [4.69, 9.17) is 11.6 Å². The maximum absolute atomic E-state index is 12.0. The predicted molar refractivity (Wildman–Crippen MR) is 88.7 cm³/mol. The zero-order valence-electron chi connectivity index (χ0n) is 12.2. The minimum absolute atomic E-state index is 0.240. The molecule has 0 unspecified atom stereocenters. The lowest BCUT2D eigenvalue weighted by atomic mass is 9.86. The van der Waals surface area contributed by atoms with Crippen LogP contribution in [0.5, 0.6) is 0 Å². The number of halogens is 1. The van der Waals surface area contributed by atoms with Gasteiger partial charge in [-0.25, -0.2) is 0 Å². The maximum atomic E-state index is 12.0. The number of carbonyl (C=O) groups is 1. The summed E-state index contributed by atoms with van der Waals surface area (Å²) in [4.78, 5) is 13.2. The van der Waals surface area contributed by atoms with Crippen LogP contribution in [0.4, 0.5) is 0 Å². The van der Waals surface area contributed by atoms with Crippen LogP contribution >= 0.6 is 23.4 Å². The van der Waals surface area contributed by atoms with Crippen LogP contribution in [0.1, 0.15) is 32.1 Å². The molecule has 2 saturated carbocycles. The molecule has 2 nitrogen and oxygen atoms in total. The zero-order valence-corrected chi connectivity index (χ0v) is 13.8. The van der Waals surface area contributed by atoms with E-state index in [1.165, 1.54) is 30.6 Å². The van der Waals surface area contributed by atoms with Gasteiger partial charge in [0.25, 0.3) is 0 Å². The number of thioether (sulfide) groups is 1. The molecule has 0 spiro atoms. The number of hydrogen-bond donors (Lipinski definition) is 1. The van der Waals surface area contributed by atoms with Crippen LogP contribution in [-0.2, 0) is 4.79 Å². The largest absolute Gasteiger partial charge is 0.355 e. The number of benzene rings is 1. The quantitative estimate of drug-likeness (QED) is 0.622. The van der Waals surface area contributed by atoms with Crippen LogP contribution in [0.3, 0.4) is 0 Å². The van der Waals surface area contributed by atoms with Gasteiger partial charge in [0.15, 0.2) is 0 Å². The van der Waals surface area contributed by atoms with Crippen LogP contribution in [-0.4, -0.2) is 18.2 Å². The first-order valence-corrected chi connectivity index (χ1v) is 9.22. The highest BCUT2D eigenvalue weighted by molar-refractivity contribution is 7.99. The molecule has 3 rings (SSSR count). The van der Waals surface area contributed by atoms with Crippen molar-refractivity contribution in [2.45, 2.75) is 37.0 Å². The van der Waals surface area contributed by atoms with Crippen LogP contribution < -0.4 is 5.32 Å². The van der Waals surface area contributed by atoms with Crippen LogP contribution in [0.2, 0.25) is 5.02 Å². The van der Waals surface area contributed by atoms with Crippen molar-refractivity contribution in [1.82, 2.24) is 5.32 Å². The van der Waals surface area contributed by atoms with E-state index in [2.05, 4.69) is 5.32 Å². The molecule has 0 radical (unpaired) electrons. The number of hydrogen-bond acceptors (Lipinski definition) is 2. The van der Waals surface area contributed by atoms with E-state index in [0.717, 1.165) is 35.6 Å². The summed E-state index contributed by atoms with van der Waals surface area (Å²) in [6.45, 7) is 0.743. The zero-order chi connectivity index (χ0) is 14.7. The summed E-state index contributed by atoms with van der Waals surface area (Å²) in [6, 6.07) is 7.84. The number of nitrogens with one attached hydrogen (secondary N) is 1. The normalized spacial score (nSPS) is 27.0. The van der Waals surface area contributed by atoms with Gasteiger partial charge in [-0.3, -0.25) is 4.79 Å². The third kappa shape index (κ3) is 4.17. The first kappa shape index (κ1) is 15.2. The van der Waals surface area contributed by atoms with E-state index in [9.17, 15) is 4.79 Å². The minimum atomic E-state index is 0.240. The van der Waals surface area contributed by atoms with Gasteiger partial charge in [-0.1, -0.05) is 18.0 Å². The number of amides is 1. The fraction of sp³-hybridized carbons (Fsp3) is 0.588. The van der Waals surface area contributed by atoms with Gasteiger partial charge in [-0.05, 0) is 61.3 Å². The smallest absolute Gasteiger partial charge is 0.220 e. The first-order chi connectivity index (χ1) is 10.2. The molecule has 3 atom stereocenters. The highest BCUT2D eigenvalue weighted by Gasteiger charge is 2.39.